The molecule has 2 aromatic carbocycles. The van der Waals surface area contributed by atoms with Crippen molar-refractivity contribution >= 4 is 11.6 Å². The van der Waals surface area contributed by atoms with E-state index in [4.69, 9.17) is 10.6 Å². The van der Waals surface area contributed by atoms with Crippen LogP contribution >= 0.6 is 0 Å². The molecule has 29 heavy (non-hydrogen) atoms. The van der Waals surface area contributed by atoms with Crippen molar-refractivity contribution in [3.63, 3.8) is 0 Å². The zero-order valence-electron chi connectivity index (χ0n) is 16.6. The third-order valence-electron chi connectivity index (χ3n) is 5.12. The summed E-state index contributed by atoms with van der Waals surface area (Å²) in [5, 5.41) is 9.05. The number of primary amides is 1. The highest BCUT2D eigenvalue weighted by Crippen LogP contribution is 2.36. The minimum absolute atomic E-state index is 0.0346. The number of carbonyl (C=O) groups excluding carboxylic acids is 1. The second-order valence-corrected chi connectivity index (χ2v) is 8.14. The van der Waals surface area contributed by atoms with Crippen LogP contribution in [0.25, 0.3) is 5.69 Å². The van der Waals surface area contributed by atoms with Crippen LogP contribution in [0.15, 0.2) is 65.9 Å². The molecule has 1 amide bonds. The molecule has 0 fully saturated rings. The van der Waals surface area contributed by atoms with E-state index < -0.39 is 5.91 Å². The zero-order chi connectivity index (χ0) is 20.4. The number of amides is 1. The Bertz CT molecular complexity index is 1050. The van der Waals surface area contributed by atoms with Crippen molar-refractivity contribution in [1.29, 1.82) is 0 Å². The molecule has 3 aromatic rings. The van der Waals surface area contributed by atoms with Crippen molar-refractivity contribution in [1.82, 2.24) is 9.78 Å². The van der Waals surface area contributed by atoms with Crippen LogP contribution in [-0.4, -0.2) is 21.4 Å². The average molecular weight is 388 g/mol. The molecular weight excluding hydrogens is 364 g/mol. The Balaban J connectivity index is 1.63. The van der Waals surface area contributed by atoms with Crippen LogP contribution in [0.3, 0.4) is 0 Å². The maximum absolute atomic E-state index is 11.3. The number of fused-ring (bicyclic) bond motifs is 1. The summed E-state index contributed by atoms with van der Waals surface area (Å²) < 4.78 is 1.91. The highest BCUT2D eigenvalue weighted by molar-refractivity contribution is 6.02. The summed E-state index contributed by atoms with van der Waals surface area (Å²) in [4.78, 5) is 17.0. The van der Waals surface area contributed by atoms with Gasteiger partial charge in [-0.15, -0.1) is 0 Å². The molecule has 0 spiro atoms. The van der Waals surface area contributed by atoms with E-state index in [1.165, 1.54) is 0 Å². The Labute approximate surface area is 170 Å². The number of rotatable bonds is 5. The van der Waals surface area contributed by atoms with E-state index in [0.29, 0.717) is 12.2 Å². The van der Waals surface area contributed by atoms with Gasteiger partial charge in [-0.2, -0.15) is 5.10 Å². The van der Waals surface area contributed by atoms with Gasteiger partial charge in [-0.3, -0.25) is 4.79 Å². The van der Waals surface area contributed by atoms with Gasteiger partial charge in [0.1, 0.15) is 6.61 Å². The summed E-state index contributed by atoms with van der Waals surface area (Å²) in [6, 6.07) is 17.2. The van der Waals surface area contributed by atoms with Crippen LogP contribution in [0.4, 0.5) is 0 Å². The molecule has 1 aliphatic rings. The third-order valence-corrected chi connectivity index (χ3v) is 5.12. The molecule has 6 heteroatoms. The Morgan fingerprint density at radius 3 is 2.55 bits per heavy atom. The van der Waals surface area contributed by atoms with Crippen LogP contribution < -0.4 is 5.73 Å². The molecule has 0 bridgehead atoms. The van der Waals surface area contributed by atoms with Crippen molar-refractivity contribution in [3.8, 4) is 5.69 Å². The second-order valence-electron chi connectivity index (χ2n) is 8.14. The molecule has 0 radical (unpaired) electrons. The van der Waals surface area contributed by atoms with E-state index in [1.54, 1.807) is 12.1 Å². The Hall–Kier alpha value is -3.41. The van der Waals surface area contributed by atoms with E-state index in [9.17, 15) is 4.79 Å². The number of hydrogen-bond acceptors (Lipinski definition) is 4. The van der Waals surface area contributed by atoms with Gasteiger partial charge in [0, 0.05) is 11.1 Å². The first-order valence-electron chi connectivity index (χ1n) is 9.63. The Kier molecular flexibility index (Phi) is 4.92. The smallest absolute Gasteiger partial charge is 0.248 e. The van der Waals surface area contributed by atoms with Crippen molar-refractivity contribution in [2.45, 2.75) is 33.3 Å². The Morgan fingerprint density at radius 1 is 1.14 bits per heavy atom. The molecule has 1 aliphatic carbocycles. The summed E-state index contributed by atoms with van der Waals surface area (Å²) in [6.07, 6.45) is 3.54. The first-order chi connectivity index (χ1) is 13.9. The van der Waals surface area contributed by atoms with Gasteiger partial charge in [-0.05, 0) is 48.1 Å². The Morgan fingerprint density at radius 2 is 1.86 bits per heavy atom. The second kappa shape index (κ2) is 7.54. The lowest BCUT2D eigenvalue weighted by atomic mass is 9.76. The summed E-state index contributed by atoms with van der Waals surface area (Å²) in [7, 11) is 0. The van der Waals surface area contributed by atoms with Gasteiger partial charge in [0.25, 0.3) is 0 Å². The van der Waals surface area contributed by atoms with Crippen LogP contribution in [0.1, 0.15) is 47.4 Å². The fraction of sp³-hybridized carbons (Fsp3) is 0.261. The van der Waals surface area contributed by atoms with Gasteiger partial charge < -0.3 is 10.6 Å². The molecule has 0 aliphatic heterocycles. The van der Waals surface area contributed by atoms with Crippen LogP contribution in [0.2, 0.25) is 0 Å². The minimum Gasteiger partial charge on any atom is -0.391 e. The fourth-order valence-electron chi connectivity index (χ4n) is 3.68. The molecule has 6 nitrogen and oxygen atoms in total. The molecule has 0 unspecified atom stereocenters. The van der Waals surface area contributed by atoms with E-state index in [0.717, 1.165) is 41.1 Å². The van der Waals surface area contributed by atoms with Gasteiger partial charge in [-0.25, -0.2) is 4.68 Å². The zero-order valence-corrected chi connectivity index (χ0v) is 16.6. The quantitative estimate of drug-likeness (QED) is 0.674. The normalized spacial score (nSPS) is 16.4. The van der Waals surface area contributed by atoms with Crippen LogP contribution in [0.5, 0.6) is 0 Å². The highest BCUT2D eigenvalue weighted by atomic mass is 16.6. The first-order valence-corrected chi connectivity index (χ1v) is 9.63. The number of oxime groups is 1. The monoisotopic (exact) mass is 388 g/mol. The SMILES string of the molecule is CC1(C)C/C(=N\OCc2ccccc2)c2cnn(-c3ccc(C(N)=O)cc3)c2C1. The van der Waals surface area contributed by atoms with Gasteiger partial charge in [0.2, 0.25) is 5.91 Å². The highest BCUT2D eigenvalue weighted by Gasteiger charge is 2.33. The molecule has 2 N–H and O–H groups in total. The molecule has 0 saturated heterocycles. The molecule has 148 valence electrons. The standard InChI is InChI=1S/C23H24N4O2/c1-23(2)12-20(26-29-15-16-6-4-3-5-7-16)19-14-25-27(21(19)13-23)18-10-8-17(9-11-18)22(24)28/h3-11,14H,12-13,15H2,1-2H3,(H2,24,28)/b26-20+. The number of benzene rings is 2. The lowest BCUT2D eigenvalue weighted by Gasteiger charge is -2.30. The summed E-state index contributed by atoms with van der Waals surface area (Å²) in [5.74, 6) is -0.440. The lowest BCUT2D eigenvalue weighted by molar-refractivity contribution is 0.100. The van der Waals surface area contributed by atoms with Gasteiger partial charge in [-0.1, -0.05) is 49.3 Å². The average Bonchev–Trinajstić information content (AvgIpc) is 3.11. The number of nitrogens with two attached hydrogens (primary N) is 1. The fourth-order valence-corrected chi connectivity index (χ4v) is 3.68. The van der Waals surface area contributed by atoms with E-state index in [1.807, 2.05) is 53.3 Å². The summed E-state index contributed by atoms with van der Waals surface area (Å²) in [5.41, 5.74) is 10.8. The van der Waals surface area contributed by atoms with Gasteiger partial charge in [0.15, 0.2) is 0 Å². The topological polar surface area (TPSA) is 82.5 Å². The number of aromatic nitrogens is 2. The van der Waals surface area contributed by atoms with Crippen LogP contribution in [-0.2, 0) is 17.9 Å². The lowest BCUT2D eigenvalue weighted by Crippen LogP contribution is -2.28. The summed E-state index contributed by atoms with van der Waals surface area (Å²) in [6.45, 7) is 4.87. The van der Waals surface area contributed by atoms with Crippen molar-refractivity contribution in [2.75, 3.05) is 0 Å². The van der Waals surface area contributed by atoms with Crippen LogP contribution in [0, 0.1) is 5.41 Å². The first kappa shape index (κ1) is 18.9. The van der Waals surface area contributed by atoms with Crippen molar-refractivity contribution < 1.29 is 9.63 Å². The predicted molar refractivity (Wildman–Crippen MR) is 112 cm³/mol. The van der Waals surface area contributed by atoms with E-state index in [2.05, 4.69) is 24.1 Å². The van der Waals surface area contributed by atoms with Crippen molar-refractivity contribution in [3.05, 3.63) is 83.2 Å². The molecule has 0 atom stereocenters. The summed E-state index contributed by atoms with van der Waals surface area (Å²) >= 11 is 0. The molecular formula is C23H24N4O2. The maximum Gasteiger partial charge on any atom is 0.248 e. The van der Waals surface area contributed by atoms with E-state index >= 15 is 0 Å². The molecule has 0 saturated carbocycles. The predicted octanol–water partition coefficient (Wildman–Crippen LogP) is 3.86. The van der Waals surface area contributed by atoms with Gasteiger partial charge >= 0.3 is 0 Å². The third kappa shape index (κ3) is 4.06. The van der Waals surface area contributed by atoms with Crippen molar-refractivity contribution in [2.24, 2.45) is 16.3 Å². The number of hydrogen-bond donors (Lipinski definition) is 1. The maximum atomic E-state index is 11.3. The number of nitrogens with zero attached hydrogens (tertiary/aromatic N) is 3. The largest absolute Gasteiger partial charge is 0.391 e. The number of carbonyl (C=O) groups is 1. The molecule has 1 aromatic heterocycles. The molecule has 4 rings (SSSR count). The van der Waals surface area contributed by atoms with Gasteiger partial charge in [0.05, 0.1) is 23.3 Å². The molecule has 1 heterocycles. The van der Waals surface area contributed by atoms with E-state index in [-0.39, 0.29) is 5.41 Å². The minimum atomic E-state index is -0.440.